The smallest absolute Gasteiger partial charge is 0.160 e. The van der Waals surface area contributed by atoms with Gasteiger partial charge in [0.15, 0.2) is 11.5 Å². The third-order valence-electron chi connectivity index (χ3n) is 2.57. The third-order valence-corrected chi connectivity index (χ3v) is 2.57. The number of rotatable bonds is 0. The van der Waals surface area contributed by atoms with Gasteiger partial charge in [0.25, 0.3) is 0 Å². The lowest BCUT2D eigenvalue weighted by atomic mass is 10.1. The molecule has 0 bridgehead atoms. The van der Waals surface area contributed by atoms with Crippen LogP contribution in [0.15, 0.2) is 36.4 Å². The Balaban J connectivity index is 0.000000324. The standard InChI is InChI=1S/C8H10O.C7H8O2.CH4/c1-6-3-4-8(9)7(2)5-6;1-5-3-2-4-6(8)7(5)9;/h3-5,9H,1-2H3;2-4,8-9H,1H3;1H4. The van der Waals surface area contributed by atoms with Crippen molar-refractivity contribution in [3.8, 4) is 17.2 Å². The van der Waals surface area contributed by atoms with Crippen molar-refractivity contribution in [1.29, 1.82) is 0 Å². The van der Waals surface area contributed by atoms with E-state index in [1.807, 2.05) is 26.0 Å². The summed E-state index contributed by atoms with van der Waals surface area (Å²) in [5.74, 6) is 0.285. The zero-order valence-corrected chi connectivity index (χ0v) is 10.8. The molecule has 19 heavy (non-hydrogen) atoms. The van der Waals surface area contributed by atoms with Crippen molar-refractivity contribution < 1.29 is 15.3 Å². The first-order valence-electron chi connectivity index (χ1n) is 5.65. The molecule has 2 aromatic rings. The first-order chi connectivity index (χ1) is 8.41. The molecule has 0 aliphatic carbocycles. The zero-order valence-electron chi connectivity index (χ0n) is 10.8. The van der Waals surface area contributed by atoms with E-state index >= 15 is 0 Å². The molecule has 0 fully saturated rings. The van der Waals surface area contributed by atoms with Gasteiger partial charge in [0.1, 0.15) is 5.75 Å². The predicted octanol–water partition coefficient (Wildman–Crippen LogP) is 4.05. The average Bonchev–Trinajstić information content (AvgIpc) is 2.32. The molecule has 0 radical (unpaired) electrons. The summed E-state index contributed by atoms with van der Waals surface area (Å²) in [6.45, 7) is 5.63. The van der Waals surface area contributed by atoms with Crippen molar-refractivity contribution in [3.05, 3.63) is 53.1 Å². The molecule has 2 aromatic carbocycles. The van der Waals surface area contributed by atoms with Crippen molar-refractivity contribution in [2.45, 2.75) is 28.2 Å². The van der Waals surface area contributed by atoms with Gasteiger partial charge in [-0.1, -0.05) is 37.3 Å². The summed E-state index contributed by atoms with van der Waals surface area (Å²) in [7, 11) is 0. The molecule has 0 saturated heterocycles. The van der Waals surface area contributed by atoms with E-state index in [0.29, 0.717) is 11.3 Å². The fraction of sp³-hybridized carbons (Fsp3) is 0.250. The summed E-state index contributed by atoms with van der Waals surface area (Å²) < 4.78 is 0. The van der Waals surface area contributed by atoms with Crippen LogP contribution in [0, 0.1) is 20.8 Å². The summed E-state index contributed by atoms with van der Waals surface area (Å²) in [5, 5.41) is 26.9. The van der Waals surface area contributed by atoms with Crippen LogP contribution in [0.5, 0.6) is 17.2 Å². The lowest BCUT2D eigenvalue weighted by Gasteiger charge is -1.97. The molecule has 0 aliphatic rings. The van der Waals surface area contributed by atoms with Gasteiger partial charge < -0.3 is 15.3 Å². The van der Waals surface area contributed by atoms with Crippen LogP contribution in [0.1, 0.15) is 24.1 Å². The van der Waals surface area contributed by atoms with Crippen LogP contribution >= 0.6 is 0 Å². The lowest BCUT2D eigenvalue weighted by Crippen LogP contribution is -1.75. The normalized spacial score (nSPS) is 9.00. The van der Waals surface area contributed by atoms with Crippen molar-refractivity contribution in [2.24, 2.45) is 0 Å². The summed E-state index contributed by atoms with van der Waals surface area (Å²) in [6, 6.07) is 10.4. The Labute approximate surface area is 114 Å². The number of hydrogen-bond donors (Lipinski definition) is 3. The molecule has 0 unspecified atom stereocenters. The number of aryl methyl sites for hydroxylation is 3. The summed E-state index contributed by atoms with van der Waals surface area (Å²) in [5.41, 5.74) is 2.82. The minimum Gasteiger partial charge on any atom is -0.508 e. The Morgan fingerprint density at radius 2 is 1.37 bits per heavy atom. The fourth-order valence-corrected chi connectivity index (χ4v) is 1.45. The number of aromatic hydroxyl groups is 3. The average molecular weight is 262 g/mol. The third kappa shape index (κ3) is 4.92. The molecule has 3 heteroatoms. The van der Waals surface area contributed by atoms with Crippen LogP contribution in [0.3, 0.4) is 0 Å². The first kappa shape index (κ1) is 16.8. The van der Waals surface area contributed by atoms with Crippen molar-refractivity contribution >= 4 is 0 Å². The lowest BCUT2D eigenvalue weighted by molar-refractivity contribution is 0.401. The van der Waals surface area contributed by atoms with Crippen LogP contribution in [-0.2, 0) is 0 Å². The van der Waals surface area contributed by atoms with E-state index in [9.17, 15) is 0 Å². The Morgan fingerprint density at radius 3 is 1.79 bits per heavy atom. The second-order valence-corrected chi connectivity index (χ2v) is 4.23. The summed E-state index contributed by atoms with van der Waals surface area (Å²) in [6.07, 6.45) is 0. The summed E-state index contributed by atoms with van der Waals surface area (Å²) in [4.78, 5) is 0. The maximum Gasteiger partial charge on any atom is 0.160 e. The van der Waals surface area contributed by atoms with Crippen LogP contribution in [-0.4, -0.2) is 15.3 Å². The van der Waals surface area contributed by atoms with Gasteiger partial charge in [-0.15, -0.1) is 0 Å². The van der Waals surface area contributed by atoms with Gasteiger partial charge in [-0.05, 0) is 44.0 Å². The molecule has 3 nitrogen and oxygen atoms in total. The van der Waals surface area contributed by atoms with Crippen LogP contribution < -0.4 is 0 Å². The Hall–Kier alpha value is -2.16. The molecule has 0 atom stereocenters. The van der Waals surface area contributed by atoms with Crippen LogP contribution in [0.4, 0.5) is 0 Å². The molecular weight excluding hydrogens is 240 g/mol. The van der Waals surface area contributed by atoms with Gasteiger partial charge in [-0.2, -0.15) is 0 Å². The minimum atomic E-state index is -0.0602. The van der Waals surface area contributed by atoms with E-state index in [4.69, 9.17) is 15.3 Å². The van der Waals surface area contributed by atoms with Gasteiger partial charge in [0, 0.05) is 0 Å². The molecular formula is C16H22O3. The van der Waals surface area contributed by atoms with Gasteiger partial charge >= 0.3 is 0 Å². The molecule has 0 aromatic heterocycles. The molecule has 0 aliphatic heterocycles. The molecule has 0 spiro atoms. The van der Waals surface area contributed by atoms with E-state index in [1.54, 1.807) is 25.1 Å². The first-order valence-corrected chi connectivity index (χ1v) is 5.65. The second kappa shape index (κ2) is 7.31. The van der Waals surface area contributed by atoms with E-state index in [2.05, 4.69) is 0 Å². The molecule has 0 amide bonds. The Kier molecular flexibility index (Phi) is 6.48. The number of hydrogen-bond acceptors (Lipinski definition) is 3. The number of para-hydroxylation sites is 1. The van der Waals surface area contributed by atoms with E-state index < -0.39 is 0 Å². The number of benzene rings is 2. The zero-order chi connectivity index (χ0) is 13.7. The van der Waals surface area contributed by atoms with Crippen molar-refractivity contribution in [2.75, 3.05) is 0 Å². The van der Waals surface area contributed by atoms with Crippen molar-refractivity contribution in [1.82, 2.24) is 0 Å². The Bertz CT molecular complexity index is 513. The van der Waals surface area contributed by atoms with Crippen LogP contribution in [0.25, 0.3) is 0 Å². The van der Waals surface area contributed by atoms with E-state index in [0.717, 1.165) is 5.56 Å². The second-order valence-electron chi connectivity index (χ2n) is 4.23. The number of phenols is 3. The van der Waals surface area contributed by atoms with E-state index in [1.165, 1.54) is 11.6 Å². The monoisotopic (exact) mass is 262 g/mol. The predicted molar refractivity (Wildman–Crippen MR) is 78.8 cm³/mol. The highest BCUT2D eigenvalue weighted by atomic mass is 16.3. The van der Waals surface area contributed by atoms with Gasteiger partial charge in [-0.3, -0.25) is 0 Å². The van der Waals surface area contributed by atoms with Crippen molar-refractivity contribution in [3.63, 3.8) is 0 Å². The molecule has 0 heterocycles. The minimum absolute atomic E-state index is 0. The highest BCUT2D eigenvalue weighted by Gasteiger charge is 1.98. The maximum atomic E-state index is 9.04. The molecule has 0 saturated carbocycles. The molecule has 104 valence electrons. The SMILES string of the molecule is C.Cc1ccc(O)c(C)c1.Cc1cccc(O)c1O. The van der Waals surface area contributed by atoms with Gasteiger partial charge in [0.05, 0.1) is 0 Å². The van der Waals surface area contributed by atoms with Crippen LogP contribution in [0.2, 0.25) is 0 Å². The highest BCUT2D eigenvalue weighted by Crippen LogP contribution is 2.26. The molecule has 3 N–H and O–H groups in total. The maximum absolute atomic E-state index is 9.04. The molecule has 2 rings (SSSR count). The highest BCUT2D eigenvalue weighted by molar-refractivity contribution is 5.43. The van der Waals surface area contributed by atoms with Gasteiger partial charge in [0.2, 0.25) is 0 Å². The quantitative estimate of drug-likeness (QED) is 0.628. The van der Waals surface area contributed by atoms with E-state index in [-0.39, 0.29) is 18.9 Å². The topological polar surface area (TPSA) is 60.7 Å². The summed E-state index contributed by atoms with van der Waals surface area (Å²) >= 11 is 0. The Morgan fingerprint density at radius 1 is 0.737 bits per heavy atom. The van der Waals surface area contributed by atoms with Gasteiger partial charge in [-0.25, -0.2) is 0 Å². The fourth-order valence-electron chi connectivity index (χ4n) is 1.45. The largest absolute Gasteiger partial charge is 0.508 e. The number of phenolic OH excluding ortho intramolecular Hbond substituents is 3.